The van der Waals surface area contributed by atoms with Crippen LogP contribution < -0.4 is 10.5 Å². The van der Waals surface area contributed by atoms with Gasteiger partial charge in [0.1, 0.15) is 0 Å². The molecule has 0 aliphatic heterocycles. The molecule has 0 fully saturated rings. The van der Waals surface area contributed by atoms with Gasteiger partial charge in [-0.3, -0.25) is 4.98 Å². The Kier molecular flexibility index (Phi) is 3.93. The van der Waals surface area contributed by atoms with Crippen molar-refractivity contribution in [3.05, 3.63) is 52.0 Å². The van der Waals surface area contributed by atoms with Crippen LogP contribution in [0, 0.1) is 12.7 Å². The van der Waals surface area contributed by atoms with Crippen LogP contribution in [0.2, 0.25) is 0 Å². The van der Waals surface area contributed by atoms with Gasteiger partial charge in [0.25, 0.3) is 0 Å². The Morgan fingerprint density at radius 2 is 2.17 bits per heavy atom. The van der Waals surface area contributed by atoms with Gasteiger partial charge >= 0.3 is 0 Å². The smallest absolute Gasteiger partial charge is 0.168 e. The van der Waals surface area contributed by atoms with Crippen molar-refractivity contribution in [3.63, 3.8) is 0 Å². The van der Waals surface area contributed by atoms with Crippen LogP contribution in [0.25, 0.3) is 0 Å². The highest BCUT2D eigenvalue weighted by molar-refractivity contribution is 9.10. The van der Waals surface area contributed by atoms with Gasteiger partial charge in [0.05, 0.1) is 5.69 Å². The molecule has 0 saturated heterocycles. The third-order valence-electron chi connectivity index (χ3n) is 2.47. The Labute approximate surface area is 113 Å². The van der Waals surface area contributed by atoms with Crippen LogP contribution in [-0.4, -0.2) is 4.98 Å². The Bertz CT molecular complexity index is 575. The van der Waals surface area contributed by atoms with Gasteiger partial charge in [0.2, 0.25) is 0 Å². The maximum Gasteiger partial charge on any atom is 0.168 e. The summed E-state index contributed by atoms with van der Waals surface area (Å²) in [5, 5.41) is 0. The van der Waals surface area contributed by atoms with Crippen molar-refractivity contribution < 1.29 is 9.13 Å². The summed E-state index contributed by atoms with van der Waals surface area (Å²) >= 11 is 3.29. The average molecular weight is 311 g/mol. The maximum atomic E-state index is 13.8. The van der Waals surface area contributed by atoms with Crippen LogP contribution in [-0.2, 0) is 6.54 Å². The number of aryl methyl sites for hydroxylation is 1. The molecule has 2 rings (SSSR count). The molecule has 0 atom stereocenters. The second-order valence-electron chi connectivity index (χ2n) is 3.79. The summed E-state index contributed by atoms with van der Waals surface area (Å²) in [4.78, 5) is 4.13. The van der Waals surface area contributed by atoms with E-state index >= 15 is 0 Å². The zero-order valence-electron chi connectivity index (χ0n) is 9.78. The van der Waals surface area contributed by atoms with Crippen molar-refractivity contribution in [2.45, 2.75) is 13.5 Å². The Balaban J connectivity index is 2.39. The van der Waals surface area contributed by atoms with Gasteiger partial charge in [0.15, 0.2) is 17.3 Å². The quantitative estimate of drug-likeness (QED) is 0.943. The Morgan fingerprint density at radius 1 is 1.39 bits per heavy atom. The summed E-state index contributed by atoms with van der Waals surface area (Å²) in [7, 11) is 0. The number of ether oxygens (including phenoxy) is 1. The van der Waals surface area contributed by atoms with E-state index in [0.29, 0.717) is 17.0 Å². The lowest BCUT2D eigenvalue weighted by atomic mass is 10.2. The second-order valence-corrected chi connectivity index (χ2v) is 4.71. The minimum Gasteiger partial charge on any atom is -0.452 e. The molecule has 0 radical (unpaired) electrons. The molecule has 0 aliphatic rings. The fourth-order valence-corrected chi connectivity index (χ4v) is 1.82. The van der Waals surface area contributed by atoms with E-state index in [1.165, 1.54) is 0 Å². The molecular formula is C13H12BrFN2O. The zero-order valence-corrected chi connectivity index (χ0v) is 11.4. The molecule has 18 heavy (non-hydrogen) atoms. The van der Waals surface area contributed by atoms with Gasteiger partial charge < -0.3 is 10.5 Å². The monoisotopic (exact) mass is 310 g/mol. The molecule has 94 valence electrons. The summed E-state index contributed by atoms with van der Waals surface area (Å²) < 4.78 is 20.1. The number of halogens is 2. The lowest BCUT2D eigenvalue weighted by molar-refractivity contribution is 0.433. The lowest BCUT2D eigenvalue weighted by Crippen LogP contribution is -2.03. The van der Waals surface area contributed by atoms with E-state index in [1.54, 1.807) is 37.4 Å². The lowest BCUT2D eigenvalue weighted by Gasteiger charge is -2.11. The topological polar surface area (TPSA) is 48.1 Å². The molecule has 1 aromatic heterocycles. The van der Waals surface area contributed by atoms with Crippen molar-refractivity contribution in [1.29, 1.82) is 0 Å². The summed E-state index contributed by atoms with van der Waals surface area (Å²) in [5.41, 5.74) is 6.69. The van der Waals surface area contributed by atoms with Crippen molar-refractivity contribution >= 4 is 15.9 Å². The van der Waals surface area contributed by atoms with Crippen LogP contribution in [0.1, 0.15) is 11.3 Å². The first-order chi connectivity index (χ1) is 8.61. The van der Waals surface area contributed by atoms with E-state index in [0.717, 1.165) is 4.47 Å². The molecule has 3 nitrogen and oxygen atoms in total. The molecular weight excluding hydrogens is 299 g/mol. The zero-order chi connectivity index (χ0) is 13.1. The number of pyridine rings is 1. The molecule has 2 N–H and O–H groups in total. The number of aromatic nitrogens is 1. The minimum atomic E-state index is -0.375. The van der Waals surface area contributed by atoms with Crippen LogP contribution in [0.4, 0.5) is 4.39 Å². The molecule has 2 aromatic rings. The molecule has 0 amide bonds. The van der Waals surface area contributed by atoms with Crippen molar-refractivity contribution in [2.75, 3.05) is 0 Å². The number of hydrogen-bond acceptors (Lipinski definition) is 3. The standard InChI is InChI=1S/C13H12BrFN2O/c1-8-3-2-4-11(13(8)15)18-12-5-9(14)7-17-10(12)6-16/h2-5,7H,6,16H2,1H3. The molecule has 0 unspecified atom stereocenters. The van der Waals surface area contributed by atoms with E-state index in [4.69, 9.17) is 10.5 Å². The first-order valence-corrected chi connectivity index (χ1v) is 6.18. The third kappa shape index (κ3) is 2.68. The first-order valence-electron chi connectivity index (χ1n) is 5.39. The molecule has 1 heterocycles. The summed E-state index contributed by atoms with van der Waals surface area (Å²) in [5.74, 6) is 0.251. The molecule has 0 saturated carbocycles. The van der Waals surface area contributed by atoms with E-state index in [-0.39, 0.29) is 18.1 Å². The van der Waals surface area contributed by atoms with Gasteiger partial charge in [-0.2, -0.15) is 0 Å². The SMILES string of the molecule is Cc1cccc(Oc2cc(Br)cnc2CN)c1F. The first kappa shape index (κ1) is 13.0. The molecule has 0 spiro atoms. The van der Waals surface area contributed by atoms with Crippen molar-refractivity contribution in [2.24, 2.45) is 5.73 Å². The predicted molar refractivity (Wildman–Crippen MR) is 71.0 cm³/mol. The summed E-state index contributed by atoms with van der Waals surface area (Å²) in [6.45, 7) is 1.92. The normalized spacial score (nSPS) is 10.4. The number of benzene rings is 1. The van der Waals surface area contributed by atoms with Crippen molar-refractivity contribution in [1.82, 2.24) is 4.98 Å². The molecule has 1 aromatic carbocycles. The number of nitrogens with two attached hydrogens (primary N) is 1. The fourth-order valence-electron chi connectivity index (χ4n) is 1.51. The molecule has 0 aliphatic carbocycles. The van der Waals surface area contributed by atoms with Gasteiger partial charge in [-0.25, -0.2) is 4.39 Å². The largest absolute Gasteiger partial charge is 0.452 e. The van der Waals surface area contributed by atoms with Crippen molar-refractivity contribution in [3.8, 4) is 11.5 Å². The van der Waals surface area contributed by atoms with Gasteiger partial charge in [0, 0.05) is 17.2 Å². The molecule has 5 heteroatoms. The average Bonchev–Trinajstić information content (AvgIpc) is 2.35. The second kappa shape index (κ2) is 5.46. The van der Waals surface area contributed by atoms with Gasteiger partial charge in [-0.1, -0.05) is 12.1 Å². The third-order valence-corrected chi connectivity index (χ3v) is 2.90. The maximum absolute atomic E-state index is 13.8. The highest BCUT2D eigenvalue weighted by Crippen LogP contribution is 2.29. The van der Waals surface area contributed by atoms with Crippen LogP contribution in [0.15, 0.2) is 34.9 Å². The van der Waals surface area contributed by atoms with E-state index in [9.17, 15) is 4.39 Å². The number of hydrogen-bond donors (Lipinski definition) is 1. The highest BCUT2D eigenvalue weighted by atomic mass is 79.9. The van der Waals surface area contributed by atoms with Crippen LogP contribution in [0.3, 0.4) is 0 Å². The fraction of sp³-hybridized carbons (Fsp3) is 0.154. The number of rotatable bonds is 3. The van der Waals surface area contributed by atoms with Gasteiger partial charge in [-0.05, 0) is 40.5 Å². The van der Waals surface area contributed by atoms with Crippen LogP contribution in [0.5, 0.6) is 11.5 Å². The van der Waals surface area contributed by atoms with Crippen LogP contribution >= 0.6 is 15.9 Å². The molecule has 0 bridgehead atoms. The summed E-state index contributed by atoms with van der Waals surface area (Å²) in [6.07, 6.45) is 1.63. The van der Waals surface area contributed by atoms with E-state index in [2.05, 4.69) is 20.9 Å². The van der Waals surface area contributed by atoms with E-state index in [1.807, 2.05) is 0 Å². The Hall–Kier alpha value is -1.46. The van der Waals surface area contributed by atoms with Gasteiger partial charge in [-0.15, -0.1) is 0 Å². The van der Waals surface area contributed by atoms with E-state index < -0.39 is 0 Å². The highest BCUT2D eigenvalue weighted by Gasteiger charge is 2.10. The Morgan fingerprint density at radius 3 is 2.89 bits per heavy atom. The predicted octanol–water partition coefficient (Wildman–Crippen LogP) is 3.54. The summed E-state index contributed by atoms with van der Waals surface area (Å²) in [6, 6.07) is 6.72. The number of nitrogens with zero attached hydrogens (tertiary/aromatic N) is 1. The minimum absolute atomic E-state index is 0.171.